The molecule has 0 aliphatic carbocycles. The molecule has 0 amide bonds. The van der Waals surface area contributed by atoms with Crippen molar-refractivity contribution in [3.8, 4) is 0 Å². The number of hydrazone groups is 1. The van der Waals surface area contributed by atoms with Crippen molar-refractivity contribution in [2.24, 2.45) is 5.10 Å². The lowest BCUT2D eigenvalue weighted by molar-refractivity contribution is -0.0536. The van der Waals surface area contributed by atoms with Gasteiger partial charge in [-0.2, -0.15) is 18.3 Å². The molecule has 1 aromatic rings. The molecule has 6 heteroatoms. The molecular formula is C8H6ClF3N2. The zero-order valence-electron chi connectivity index (χ0n) is 6.85. The summed E-state index contributed by atoms with van der Waals surface area (Å²) in [7, 11) is 0. The van der Waals surface area contributed by atoms with Crippen LogP contribution in [0.2, 0.25) is 5.02 Å². The maximum atomic E-state index is 11.6. The van der Waals surface area contributed by atoms with Gasteiger partial charge < -0.3 is 0 Å². The van der Waals surface area contributed by atoms with Crippen LogP contribution < -0.4 is 5.43 Å². The van der Waals surface area contributed by atoms with Crippen molar-refractivity contribution in [1.82, 2.24) is 0 Å². The second kappa shape index (κ2) is 4.32. The molecule has 0 bridgehead atoms. The highest BCUT2D eigenvalue weighted by atomic mass is 35.5. The van der Waals surface area contributed by atoms with E-state index in [0.717, 1.165) is 0 Å². The van der Waals surface area contributed by atoms with Gasteiger partial charge in [-0.25, -0.2) is 0 Å². The van der Waals surface area contributed by atoms with E-state index in [1.165, 1.54) is 6.07 Å². The minimum absolute atomic E-state index is 0.131. The fourth-order valence-corrected chi connectivity index (χ4v) is 0.928. The van der Waals surface area contributed by atoms with E-state index < -0.39 is 6.18 Å². The van der Waals surface area contributed by atoms with Crippen LogP contribution in [-0.2, 0) is 0 Å². The minimum Gasteiger partial charge on any atom is -0.278 e. The van der Waals surface area contributed by atoms with Gasteiger partial charge in [-0.15, -0.1) is 0 Å². The van der Waals surface area contributed by atoms with Gasteiger partial charge >= 0.3 is 6.18 Å². The van der Waals surface area contributed by atoms with E-state index in [1.807, 2.05) is 0 Å². The first kappa shape index (κ1) is 10.8. The van der Waals surface area contributed by atoms with Crippen molar-refractivity contribution in [2.75, 3.05) is 5.43 Å². The number of hydrogen-bond donors (Lipinski definition) is 1. The van der Waals surface area contributed by atoms with Crippen LogP contribution in [0.1, 0.15) is 0 Å². The molecule has 0 heterocycles. The van der Waals surface area contributed by atoms with Crippen molar-refractivity contribution in [2.45, 2.75) is 6.18 Å². The van der Waals surface area contributed by atoms with Crippen molar-refractivity contribution < 1.29 is 13.2 Å². The summed E-state index contributed by atoms with van der Waals surface area (Å²) in [5.74, 6) is 0. The number of rotatable bonds is 2. The zero-order chi connectivity index (χ0) is 10.6. The van der Waals surface area contributed by atoms with E-state index in [1.54, 1.807) is 18.2 Å². The first-order chi connectivity index (χ1) is 6.47. The number of alkyl halides is 3. The third-order valence-electron chi connectivity index (χ3n) is 1.23. The highest BCUT2D eigenvalue weighted by molar-refractivity contribution is 6.30. The van der Waals surface area contributed by atoms with Gasteiger partial charge in [0.25, 0.3) is 0 Å². The third-order valence-corrected chi connectivity index (χ3v) is 1.46. The van der Waals surface area contributed by atoms with E-state index in [0.29, 0.717) is 10.7 Å². The average molecular weight is 223 g/mol. The molecule has 1 N–H and O–H groups in total. The fraction of sp³-hybridized carbons (Fsp3) is 0.125. The number of nitrogens with zero attached hydrogens (tertiary/aromatic N) is 1. The summed E-state index contributed by atoms with van der Waals surface area (Å²) in [6.45, 7) is 0. The molecule has 1 rings (SSSR count). The zero-order valence-corrected chi connectivity index (χ0v) is 7.60. The van der Waals surface area contributed by atoms with E-state index in [-0.39, 0.29) is 6.21 Å². The Kier molecular flexibility index (Phi) is 3.35. The number of hydrogen-bond acceptors (Lipinski definition) is 2. The summed E-state index contributed by atoms with van der Waals surface area (Å²) in [5.41, 5.74) is 2.61. The van der Waals surface area contributed by atoms with Crippen LogP contribution in [0.15, 0.2) is 29.4 Å². The standard InChI is InChI=1S/C8H6ClF3N2/c9-6-2-1-3-7(4-6)14-13-5-8(10,11)12/h1-5,14H/b13-5+. The van der Waals surface area contributed by atoms with Crippen LogP contribution in [-0.4, -0.2) is 12.4 Å². The molecule has 2 nitrogen and oxygen atoms in total. The minimum atomic E-state index is -4.41. The lowest BCUT2D eigenvalue weighted by Crippen LogP contribution is -2.09. The van der Waals surface area contributed by atoms with Crippen molar-refractivity contribution >= 4 is 23.5 Å². The largest absolute Gasteiger partial charge is 0.428 e. The van der Waals surface area contributed by atoms with Crippen molar-refractivity contribution in [3.05, 3.63) is 29.3 Å². The van der Waals surface area contributed by atoms with Crippen LogP contribution >= 0.6 is 11.6 Å². The monoisotopic (exact) mass is 222 g/mol. The Bertz CT molecular complexity index is 336. The molecule has 0 saturated carbocycles. The average Bonchev–Trinajstić information content (AvgIpc) is 2.01. The van der Waals surface area contributed by atoms with E-state index in [9.17, 15) is 13.2 Å². The molecule has 0 aromatic heterocycles. The van der Waals surface area contributed by atoms with Gasteiger partial charge in [-0.1, -0.05) is 17.7 Å². The van der Waals surface area contributed by atoms with Gasteiger partial charge in [0.2, 0.25) is 0 Å². The highest BCUT2D eigenvalue weighted by Crippen LogP contribution is 2.15. The van der Waals surface area contributed by atoms with E-state index >= 15 is 0 Å². The summed E-state index contributed by atoms with van der Waals surface area (Å²) < 4.78 is 34.9. The van der Waals surface area contributed by atoms with Crippen LogP contribution in [0, 0.1) is 0 Å². The Morgan fingerprint density at radius 3 is 2.64 bits per heavy atom. The Morgan fingerprint density at radius 1 is 1.36 bits per heavy atom. The van der Waals surface area contributed by atoms with Gasteiger partial charge in [0.15, 0.2) is 0 Å². The van der Waals surface area contributed by atoms with Crippen LogP contribution in [0.3, 0.4) is 0 Å². The topological polar surface area (TPSA) is 24.4 Å². The Balaban J connectivity index is 2.58. The SMILES string of the molecule is FC(F)(F)/C=N/Nc1cccc(Cl)c1. The predicted octanol–water partition coefficient (Wildman–Crippen LogP) is 3.30. The Morgan fingerprint density at radius 2 is 2.07 bits per heavy atom. The first-order valence-electron chi connectivity index (χ1n) is 3.60. The summed E-state index contributed by atoms with van der Waals surface area (Å²) in [6, 6.07) is 6.24. The molecular weight excluding hydrogens is 217 g/mol. The van der Waals surface area contributed by atoms with E-state index in [2.05, 4.69) is 10.5 Å². The van der Waals surface area contributed by atoms with E-state index in [4.69, 9.17) is 11.6 Å². The second-order valence-corrected chi connectivity index (χ2v) is 2.86. The maximum absolute atomic E-state index is 11.6. The second-order valence-electron chi connectivity index (χ2n) is 2.42. The molecule has 0 aliphatic heterocycles. The molecule has 0 saturated heterocycles. The first-order valence-corrected chi connectivity index (χ1v) is 3.98. The lowest BCUT2D eigenvalue weighted by Gasteiger charge is -2.01. The molecule has 0 radical (unpaired) electrons. The number of halogens is 4. The number of nitrogens with one attached hydrogen (secondary N) is 1. The van der Waals surface area contributed by atoms with Crippen LogP contribution in [0.25, 0.3) is 0 Å². The summed E-state index contributed by atoms with van der Waals surface area (Å²) >= 11 is 5.60. The molecule has 76 valence electrons. The fourth-order valence-electron chi connectivity index (χ4n) is 0.738. The molecule has 14 heavy (non-hydrogen) atoms. The van der Waals surface area contributed by atoms with Gasteiger partial charge in [-0.3, -0.25) is 5.43 Å². The summed E-state index contributed by atoms with van der Waals surface area (Å²) in [5, 5.41) is 3.42. The highest BCUT2D eigenvalue weighted by Gasteiger charge is 2.23. The molecule has 0 unspecified atom stereocenters. The molecule has 0 aliphatic rings. The Hall–Kier alpha value is -1.23. The van der Waals surface area contributed by atoms with Crippen molar-refractivity contribution in [3.63, 3.8) is 0 Å². The molecule has 0 atom stereocenters. The number of anilines is 1. The maximum Gasteiger partial charge on any atom is 0.428 e. The number of benzene rings is 1. The van der Waals surface area contributed by atoms with Crippen LogP contribution in [0.5, 0.6) is 0 Å². The van der Waals surface area contributed by atoms with Crippen LogP contribution in [0.4, 0.5) is 18.9 Å². The molecule has 0 fully saturated rings. The van der Waals surface area contributed by atoms with Gasteiger partial charge in [0.1, 0.15) is 6.21 Å². The van der Waals surface area contributed by atoms with Gasteiger partial charge in [-0.05, 0) is 18.2 Å². The van der Waals surface area contributed by atoms with Gasteiger partial charge in [0, 0.05) is 5.02 Å². The molecule has 1 aromatic carbocycles. The third kappa shape index (κ3) is 4.13. The smallest absolute Gasteiger partial charge is 0.278 e. The van der Waals surface area contributed by atoms with Gasteiger partial charge in [0.05, 0.1) is 5.69 Å². The predicted molar refractivity (Wildman–Crippen MR) is 49.6 cm³/mol. The normalized spacial score (nSPS) is 12.0. The molecule has 0 spiro atoms. The Labute approximate surface area is 83.4 Å². The van der Waals surface area contributed by atoms with Crippen molar-refractivity contribution in [1.29, 1.82) is 0 Å². The summed E-state index contributed by atoms with van der Waals surface area (Å²) in [6.07, 6.45) is -4.54. The quantitative estimate of drug-likeness (QED) is 0.603. The lowest BCUT2D eigenvalue weighted by atomic mass is 10.3. The summed E-state index contributed by atoms with van der Waals surface area (Å²) in [4.78, 5) is 0.